The largest absolute Gasteiger partial charge is 0.545 e. The molecule has 0 aliphatic carbocycles. The summed E-state index contributed by atoms with van der Waals surface area (Å²) >= 11 is 6.19. The lowest BCUT2D eigenvalue weighted by Gasteiger charge is -2.14. The van der Waals surface area contributed by atoms with Crippen molar-refractivity contribution in [1.29, 1.82) is 0 Å². The van der Waals surface area contributed by atoms with E-state index >= 15 is 4.39 Å². The lowest BCUT2D eigenvalue weighted by molar-refractivity contribution is -0.297. The van der Waals surface area contributed by atoms with E-state index in [-0.39, 0.29) is 17.0 Å². The van der Waals surface area contributed by atoms with Crippen molar-refractivity contribution in [1.82, 2.24) is 9.72 Å². The lowest BCUT2D eigenvalue weighted by Crippen LogP contribution is -2.19. The van der Waals surface area contributed by atoms with E-state index in [4.69, 9.17) is 16.1 Å². The van der Waals surface area contributed by atoms with E-state index in [2.05, 4.69) is 5.16 Å². The maximum atomic E-state index is 15.2. The summed E-state index contributed by atoms with van der Waals surface area (Å²) in [5.41, 5.74) is 2.32. The molecule has 4 aromatic rings. The number of benzene rings is 2. The van der Waals surface area contributed by atoms with Crippen LogP contribution in [0, 0.1) is 20.8 Å². The van der Waals surface area contributed by atoms with Gasteiger partial charge in [0.1, 0.15) is 11.3 Å². The van der Waals surface area contributed by atoms with Gasteiger partial charge in [-0.05, 0) is 81.1 Å². The second-order valence-corrected chi connectivity index (χ2v) is 9.44. The molecule has 0 N–H and O–H groups in total. The van der Waals surface area contributed by atoms with Crippen LogP contribution in [0.1, 0.15) is 52.2 Å². The molecule has 0 aliphatic rings. The maximum absolute atomic E-state index is 15.2. The molecule has 0 atom stereocenters. The Morgan fingerprint density at radius 1 is 1.14 bits per heavy atom. The molecule has 4 rings (SSSR count). The monoisotopic (exact) mass is 493 g/mol. The number of alkyl halides is 1. The number of hydrogen-bond donors (Lipinski definition) is 0. The molecule has 6 nitrogen and oxygen atoms in total. The van der Waals surface area contributed by atoms with Crippen LogP contribution in [-0.4, -0.2) is 21.6 Å². The first-order chi connectivity index (χ1) is 16.4. The predicted molar refractivity (Wildman–Crippen MR) is 131 cm³/mol. The van der Waals surface area contributed by atoms with Gasteiger partial charge in [0.15, 0.2) is 11.4 Å². The average Bonchev–Trinajstić information content (AvgIpc) is 3.33. The summed E-state index contributed by atoms with van der Waals surface area (Å²) in [6, 6.07) is 8.69. The van der Waals surface area contributed by atoms with Gasteiger partial charge in [-0.1, -0.05) is 35.0 Å². The second-order valence-electron chi connectivity index (χ2n) is 9.00. The molecule has 180 valence electrons. The third-order valence-electron chi connectivity index (χ3n) is 5.85. The number of fused-ring (bicyclic) bond motifs is 1. The highest BCUT2D eigenvalue weighted by atomic mass is 35.5. The van der Waals surface area contributed by atoms with Crippen molar-refractivity contribution in [3.63, 3.8) is 0 Å². The molecule has 0 aliphatic heterocycles. The molecule has 2 aromatic heterocycles. The molecule has 0 saturated carbocycles. The zero-order chi connectivity index (χ0) is 25.7. The number of carbonyl (C=O) groups excluding carboxylic acids is 2. The van der Waals surface area contributed by atoms with Gasteiger partial charge in [-0.3, -0.25) is 9.36 Å². The van der Waals surface area contributed by atoms with Gasteiger partial charge < -0.3 is 14.4 Å². The average molecular weight is 494 g/mol. The minimum atomic E-state index is -1.98. The number of hydrogen-bond acceptors (Lipinski definition) is 5. The highest BCUT2D eigenvalue weighted by molar-refractivity contribution is 6.30. The standard InChI is InChI=1S/C27H24ClFN2O4/c1-14-11-18(28)12-15(2)21(14)24-23(25(35-30-24)27(4,5)29)26(34)31-13-16(3)22-17(9-10-20(32)33)7-6-8-19(22)31/h6-13H,1-5H3,(H,32,33)/p-1/b10-9+. The van der Waals surface area contributed by atoms with Crippen LogP contribution in [0.3, 0.4) is 0 Å². The summed E-state index contributed by atoms with van der Waals surface area (Å²) in [5, 5.41) is 16.3. The van der Waals surface area contributed by atoms with Crippen LogP contribution in [0.5, 0.6) is 0 Å². The highest BCUT2D eigenvalue weighted by Gasteiger charge is 2.36. The van der Waals surface area contributed by atoms with Crippen LogP contribution in [-0.2, 0) is 10.5 Å². The Bertz CT molecular complexity index is 1500. The summed E-state index contributed by atoms with van der Waals surface area (Å²) < 4.78 is 22.1. The molecular formula is C27H23ClFN2O4-. The molecule has 35 heavy (non-hydrogen) atoms. The molecule has 0 amide bonds. The Morgan fingerprint density at radius 3 is 2.40 bits per heavy atom. The number of aliphatic carboxylic acids is 1. The van der Waals surface area contributed by atoms with Crippen molar-refractivity contribution in [2.45, 2.75) is 40.3 Å². The number of halogens is 2. The maximum Gasteiger partial charge on any atom is 0.268 e. The van der Waals surface area contributed by atoms with E-state index in [9.17, 15) is 14.7 Å². The molecule has 0 spiro atoms. The Balaban J connectivity index is 1.98. The summed E-state index contributed by atoms with van der Waals surface area (Å²) in [6.07, 6.45) is 3.98. The number of carboxylic acid groups (broad SMARTS) is 1. The lowest BCUT2D eigenvalue weighted by atomic mass is 9.93. The normalized spacial score (nSPS) is 12.1. The van der Waals surface area contributed by atoms with Crippen molar-refractivity contribution < 1.29 is 23.6 Å². The van der Waals surface area contributed by atoms with Crippen molar-refractivity contribution in [3.05, 3.63) is 81.2 Å². The molecule has 2 heterocycles. The van der Waals surface area contributed by atoms with Gasteiger partial charge in [0.25, 0.3) is 5.91 Å². The van der Waals surface area contributed by atoms with Gasteiger partial charge in [-0.25, -0.2) is 4.39 Å². The van der Waals surface area contributed by atoms with Crippen molar-refractivity contribution in [2.24, 2.45) is 0 Å². The number of aromatic nitrogens is 2. The van der Waals surface area contributed by atoms with Gasteiger partial charge in [-0.15, -0.1) is 0 Å². The summed E-state index contributed by atoms with van der Waals surface area (Å²) in [7, 11) is 0. The third-order valence-corrected chi connectivity index (χ3v) is 6.07. The summed E-state index contributed by atoms with van der Waals surface area (Å²) in [4.78, 5) is 24.9. The topological polar surface area (TPSA) is 88.2 Å². The predicted octanol–water partition coefficient (Wildman–Crippen LogP) is 5.53. The number of nitrogens with zero attached hydrogens (tertiary/aromatic N) is 2. The summed E-state index contributed by atoms with van der Waals surface area (Å²) in [6.45, 7) is 8.09. The summed E-state index contributed by atoms with van der Waals surface area (Å²) in [5.74, 6) is -2.03. The van der Waals surface area contributed by atoms with Gasteiger partial charge in [0, 0.05) is 22.2 Å². The van der Waals surface area contributed by atoms with E-state index in [0.29, 0.717) is 27.1 Å². The van der Waals surface area contributed by atoms with Crippen LogP contribution in [0.2, 0.25) is 5.02 Å². The quantitative estimate of drug-likeness (QED) is 0.341. The third kappa shape index (κ3) is 4.39. The van der Waals surface area contributed by atoms with Crippen molar-refractivity contribution in [2.75, 3.05) is 0 Å². The molecule has 2 aromatic carbocycles. The number of carbonyl (C=O) groups is 2. The highest BCUT2D eigenvalue weighted by Crippen LogP contribution is 2.39. The second kappa shape index (κ2) is 8.82. The van der Waals surface area contributed by atoms with E-state index in [1.54, 1.807) is 36.5 Å². The Kier molecular flexibility index (Phi) is 6.15. The molecule has 0 unspecified atom stereocenters. The first-order valence-electron chi connectivity index (χ1n) is 10.9. The van der Waals surface area contributed by atoms with Crippen LogP contribution in [0.25, 0.3) is 28.2 Å². The van der Waals surface area contributed by atoms with Crippen LogP contribution >= 0.6 is 11.6 Å². The van der Waals surface area contributed by atoms with E-state index in [0.717, 1.165) is 22.8 Å². The van der Waals surface area contributed by atoms with Gasteiger partial charge >= 0.3 is 0 Å². The van der Waals surface area contributed by atoms with E-state index in [1.807, 2.05) is 20.8 Å². The van der Waals surface area contributed by atoms with Crippen molar-refractivity contribution >= 4 is 40.5 Å². The smallest absolute Gasteiger partial charge is 0.268 e. The van der Waals surface area contributed by atoms with E-state index in [1.165, 1.54) is 24.5 Å². The molecular weight excluding hydrogens is 471 g/mol. The molecule has 0 saturated heterocycles. The number of aryl methyl sites for hydroxylation is 3. The molecule has 0 radical (unpaired) electrons. The fourth-order valence-corrected chi connectivity index (χ4v) is 4.78. The fraction of sp³-hybridized carbons (Fsp3) is 0.222. The Labute approximate surface area is 206 Å². The minimum absolute atomic E-state index is 0.0126. The number of rotatable bonds is 5. The van der Waals surface area contributed by atoms with Gasteiger partial charge in [0.05, 0.1) is 11.5 Å². The fourth-order valence-electron chi connectivity index (χ4n) is 4.45. The first kappa shape index (κ1) is 24.4. The zero-order valence-electron chi connectivity index (χ0n) is 19.9. The van der Waals surface area contributed by atoms with Crippen LogP contribution in [0.15, 0.2) is 47.1 Å². The zero-order valence-corrected chi connectivity index (χ0v) is 20.7. The number of carboxylic acids is 1. The van der Waals surface area contributed by atoms with Gasteiger partial charge in [-0.2, -0.15) is 0 Å². The Hall–Kier alpha value is -3.71. The van der Waals surface area contributed by atoms with Crippen LogP contribution < -0.4 is 5.11 Å². The first-order valence-corrected chi connectivity index (χ1v) is 11.3. The van der Waals surface area contributed by atoms with Gasteiger partial charge in [0.2, 0.25) is 0 Å². The van der Waals surface area contributed by atoms with Crippen LogP contribution in [0.4, 0.5) is 4.39 Å². The van der Waals surface area contributed by atoms with E-state index < -0.39 is 17.5 Å². The van der Waals surface area contributed by atoms with Crippen molar-refractivity contribution in [3.8, 4) is 11.3 Å². The minimum Gasteiger partial charge on any atom is -0.545 e. The SMILES string of the molecule is Cc1cc(Cl)cc(C)c1-c1noc(C(C)(C)F)c1C(=O)n1cc(C)c2c(/C=C/C(=O)[O-])cccc21. The Morgan fingerprint density at radius 2 is 1.80 bits per heavy atom. The molecule has 0 bridgehead atoms. The molecule has 0 fully saturated rings. The molecule has 8 heteroatoms.